The number of ether oxygens (including phenoxy) is 1. The molecule has 7 nitrogen and oxygen atoms in total. The fourth-order valence-corrected chi connectivity index (χ4v) is 5.71. The summed E-state index contributed by atoms with van der Waals surface area (Å²) in [7, 11) is 0. The molecule has 186 valence electrons. The van der Waals surface area contributed by atoms with Gasteiger partial charge in [-0.3, -0.25) is 4.79 Å². The summed E-state index contributed by atoms with van der Waals surface area (Å²) in [6.07, 6.45) is 5.73. The molecule has 1 amide bonds. The van der Waals surface area contributed by atoms with Crippen LogP contribution in [-0.4, -0.2) is 42.5 Å². The van der Waals surface area contributed by atoms with Crippen LogP contribution in [0.25, 0.3) is 22.5 Å². The number of benzene rings is 2. The average molecular weight is 506 g/mol. The van der Waals surface area contributed by atoms with Crippen molar-refractivity contribution in [1.29, 1.82) is 0 Å². The summed E-state index contributed by atoms with van der Waals surface area (Å²) < 4.78 is 10.9. The summed E-state index contributed by atoms with van der Waals surface area (Å²) >= 11 is 6.63. The second kappa shape index (κ2) is 9.64. The Labute approximate surface area is 214 Å². The number of amides is 1. The Hall–Kier alpha value is -3.29. The van der Waals surface area contributed by atoms with Gasteiger partial charge in [0.25, 0.3) is 5.91 Å². The molecule has 8 heteroatoms. The molecule has 2 fully saturated rings. The third-order valence-corrected chi connectivity index (χ3v) is 7.74. The first-order valence-electron chi connectivity index (χ1n) is 12.6. The summed E-state index contributed by atoms with van der Waals surface area (Å²) in [6.45, 7) is 3.19. The van der Waals surface area contributed by atoms with Crippen LogP contribution in [0.1, 0.15) is 55.0 Å². The summed E-state index contributed by atoms with van der Waals surface area (Å²) in [5, 5.41) is 18.6. The van der Waals surface area contributed by atoms with Crippen molar-refractivity contribution >= 4 is 40.2 Å². The molecule has 0 radical (unpaired) electrons. The van der Waals surface area contributed by atoms with Gasteiger partial charge in [0.15, 0.2) is 5.76 Å². The number of aliphatic hydroxyl groups is 1. The molecule has 3 heterocycles. The second-order valence-electron chi connectivity index (χ2n) is 9.65. The first-order chi connectivity index (χ1) is 17.6. The number of carbonyl (C=O) groups excluding carboxylic acids is 1. The fraction of sp³-hybridized carbons (Fsp3) is 0.357. The minimum absolute atomic E-state index is 0.166. The molecule has 0 spiro atoms. The number of rotatable bonds is 4. The first kappa shape index (κ1) is 23.1. The van der Waals surface area contributed by atoms with Crippen molar-refractivity contribution in [2.24, 2.45) is 0 Å². The molecule has 0 atom stereocenters. The van der Waals surface area contributed by atoms with Crippen LogP contribution < -0.4 is 10.2 Å². The summed E-state index contributed by atoms with van der Waals surface area (Å²) in [5.74, 6) is -0.0599. The van der Waals surface area contributed by atoms with Gasteiger partial charge in [0, 0.05) is 41.9 Å². The Kier molecular flexibility index (Phi) is 6.19. The number of aromatic nitrogens is 1. The highest BCUT2D eigenvalue weighted by molar-refractivity contribution is 6.38. The lowest BCUT2D eigenvalue weighted by molar-refractivity contribution is -0.110. The van der Waals surface area contributed by atoms with E-state index in [4.69, 9.17) is 20.9 Å². The zero-order valence-corrected chi connectivity index (χ0v) is 20.7. The van der Waals surface area contributed by atoms with E-state index in [0.29, 0.717) is 22.2 Å². The van der Waals surface area contributed by atoms with Crippen LogP contribution in [0, 0.1) is 0 Å². The maximum Gasteiger partial charge on any atom is 0.260 e. The molecule has 3 aromatic rings. The molecule has 1 saturated carbocycles. The standard InChI is InChI=1S/C28H28ClN3O4/c29-22-15-24-21(14-20(22)17-6-8-19(9-7-17)32-10-12-35-13-11-32)26(28(34)30-24)27(33)25-16-23(31-36-25)18-4-2-1-3-5-18/h6-9,14-16,18,33H,1-5,10-13H2,(H,30,34)/b27-26-. The maximum atomic E-state index is 12.9. The van der Waals surface area contributed by atoms with Crippen LogP contribution in [0.5, 0.6) is 0 Å². The first-order valence-corrected chi connectivity index (χ1v) is 12.9. The summed E-state index contributed by atoms with van der Waals surface area (Å²) in [4.78, 5) is 15.2. The van der Waals surface area contributed by atoms with Crippen molar-refractivity contribution in [2.75, 3.05) is 36.5 Å². The van der Waals surface area contributed by atoms with Gasteiger partial charge in [-0.2, -0.15) is 0 Å². The molecule has 2 N–H and O–H groups in total. The number of nitrogens with one attached hydrogen (secondary N) is 1. The van der Waals surface area contributed by atoms with Crippen LogP contribution in [0.4, 0.5) is 11.4 Å². The molecule has 2 aliphatic heterocycles. The predicted molar refractivity (Wildman–Crippen MR) is 140 cm³/mol. The Bertz CT molecular complexity index is 1320. The monoisotopic (exact) mass is 505 g/mol. The Morgan fingerprint density at radius 2 is 1.78 bits per heavy atom. The molecule has 1 aliphatic carbocycles. The minimum Gasteiger partial charge on any atom is -0.504 e. The van der Waals surface area contributed by atoms with E-state index in [-0.39, 0.29) is 17.1 Å². The van der Waals surface area contributed by atoms with Gasteiger partial charge in [0.2, 0.25) is 5.76 Å². The molecular formula is C28H28ClN3O4. The highest BCUT2D eigenvalue weighted by Gasteiger charge is 2.32. The molecule has 0 unspecified atom stereocenters. The number of carbonyl (C=O) groups is 1. The third kappa shape index (κ3) is 4.27. The number of hydrogen-bond acceptors (Lipinski definition) is 6. The van der Waals surface area contributed by atoms with E-state index in [1.807, 2.05) is 18.2 Å². The molecule has 2 aromatic carbocycles. The molecule has 3 aliphatic rings. The van der Waals surface area contributed by atoms with E-state index in [1.165, 1.54) is 19.3 Å². The van der Waals surface area contributed by atoms with E-state index in [9.17, 15) is 9.90 Å². The van der Waals surface area contributed by atoms with E-state index in [1.54, 1.807) is 12.1 Å². The summed E-state index contributed by atoms with van der Waals surface area (Å²) in [5.41, 5.74) is 5.00. The van der Waals surface area contributed by atoms with Gasteiger partial charge in [-0.1, -0.05) is 48.2 Å². The van der Waals surface area contributed by atoms with Crippen molar-refractivity contribution < 1.29 is 19.2 Å². The number of anilines is 2. The highest BCUT2D eigenvalue weighted by atomic mass is 35.5. The fourth-order valence-electron chi connectivity index (χ4n) is 5.43. The molecule has 6 rings (SSSR count). The van der Waals surface area contributed by atoms with Gasteiger partial charge in [-0.05, 0) is 42.7 Å². The number of fused-ring (bicyclic) bond motifs is 1. The lowest BCUT2D eigenvalue weighted by Crippen LogP contribution is -2.36. The van der Waals surface area contributed by atoms with E-state index in [0.717, 1.165) is 61.7 Å². The Morgan fingerprint density at radius 1 is 1.03 bits per heavy atom. The van der Waals surface area contributed by atoms with E-state index in [2.05, 4.69) is 27.5 Å². The molecular weight excluding hydrogens is 478 g/mol. The number of nitrogens with zero attached hydrogens (tertiary/aromatic N) is 2. The molecule has 1 saturated heterocycles. The second-order valence-corrected chi connectivity index (χ2v) is 10.1. The lowest BCUT2D eigenvalue weighted by Gasteiger charge is -2.29. The van der Waals surface area contributed by atoms with Gasteiger partial charge in [-0.25, -0.2) is 0 Å². The van der Waals surface area contributed by atoms with E-state index < -0.39 is 5.91 Å². The topological polar surface area (TPSA) is 87.8 Å². The molecule has 0 bridgehead atoms. The normalized spacial score (nSPS) is 19.8. The predicted octanol–water partition coefficient (Wildman–Crippen LogP) is 6.26. The van der Waals surface area contributed by atoms with Crippen LogP contribution in [0.2, 0.25) is 5.02 Å². The van der Waals surface area contributed by atoms with Gasteiger partial charge in [0.05, 0.1) is 35.2 Å². The SMILES string of the molecule is O=C1Nc2cc(Cl)c(-c3ccc(N4CCOCC4)cc3)cc2/C1=C(/O)c1cc(C2CCCCC2)no1. The average Bonchev–Trinajstić information content (AvgIpc) is 3.53. The third-order valence-electron chi connectivity index (χ3n) is 7.43. The van der Waals surface area contributed by atoms with Crippen molar-refractivity contribution in [2.45, 2.75) is 38.0 Å². The quantitative estimate of drug-likeness (QED) is 0.321. The number of hydrogen-bond donors (Lipinski definition) is 2. The van der Waals surface area contributed by atoms with Gasteiger partial charge in [-0.15, -0.1) is 0 Å². The molecule has 36 heavy (non-hydrogen) atoms. The Morgan fingerprint density at radius 3 is 2.53 bits per heavy atom. The lowest BCUT2D eigenvalue weighted by atomic mass is 9.87. The van der Waals surface area contributed by atoms with E-state index >= 15 is 0 Å². The minimum atomic E-state index is -0.394. The maximum absolute atomic E-state index is 12.9. The van der Waals surface area contributed by atoms with Crippen LogP contribution in [0.15, 0.2) is 47.0 Å². The smallest absolute Gasteiger partial charge is 0.260 e. The van der Waals surface area contributed by atoms with Crippen molar-refractivity contribution in [3.05, 3.63) is 64.5 Å². The van der Waals surface area contributed by atoms with Crippen molar-refractivity contribution in [1.82, 2.24) is 5.16 Å². The number of halogens is 1. The zero-order chi connectivity index (χ0) is 24.6. The highest BCUT2D eigenvalue weighted by Crippen LogP contribution is 2.43. The van der Waals surface area contributed by atoms with Gasteiger partial charge >= 0.3 is 0 Å². The van der Waals surface area contributed by atoms with Gasteiger partial charge in [0.1, 0.15) is 0 Å². The Balaban J connectivity index is 1.33. The molecule has 1 aromatic heterocycles. The largest absolute Gasteiger partial charge is 0.504 e. The van der Waals surface area contributed by atoms with Crippen LogP contribution in [0.3, 0.4) is 0 Å². The number of aliphatic hydroxyl groups excluding tert-OH is 1. The van der Waals surface area contributed by atoms with Crippen LogP contribution in [-0.2, 0) is 9.53 Å². The van der Waals surface area contributed by atoms with Crippen molar-refractivity contribution in [3.8, 4) is 11.1 Å². The van der Waals surface area contributed by atoms with Crippen molar-refractivity contribution in [3.63, 3.8) is 0 Å². The van der Waals surface area contributed by atoms with Gasteiger partial charge < -0.3 is 24.6 Å². The summed E-state index contributed by atoms with van der Waals surface area (Å²) in [6, 6.07) is 13.5. The number of morpholine rings is 1. The van der Waals surface area contributed by atoms with Crippen LogP contribution >= 0.6 is 11.6 Å². The zero-order valence-electron chi connectivity index (χ0n) is 19.9.